The topological polar surface area (TPSA) is 41.6 Å². The number of likely N-dealkylation sites (tertiary alicyclic amines) is 1. The minimum Gasteiger partial charge on any atom is -0.481 e. The molecule has 1 amide bonds. The first kappa shape index (κ1) is 20.4. The van der Waals surface area contributed by atoms with Crippen LogP contribution in [0, 0.1) is 0 Å². The van der Waals surface area contributed by atoms with E-state index in [4.69, 9.17) is 4.74 Å². The van der Waals surface area contributed by atoms with E-state index in [0.29, 0.717) is 13.0 Å². The van der Waals surface area contributed by atoms with Gasteiger partial charge in [-0.15, -0.1) is 0 Å². The highest BCUT2D eigenvalue weighted by atomic mass is 16.5. The van der Waals surface area contributed by atoms with Gasteiger partial charge in [-0.1, -0.05) is 61.5 Å². The van der Waals surface area contributed by atoms with Gasteiger partial charge in [-0.25, -0.2) is 0 Å². The van der Waals surface area contributed by atoms with Gasteiger partial charge >= 0.3 is 0 Å². The predicted molar refractivity (Wildman–Crippen MR) is 121 cm³/mol. The van der Waals surface area contributed by atoms with Crippen LogP contribution in [0.3, 0.4) is 0 Å². The van der Waals surface area contributed by atoms with Crippen molar-refractivity contribution < 1.29 is 9.53 Å². The Bertz CT molecular complexity index is 995. The van der Waals surface area contributed by atoms with Crippen molar-refractivity contribution in [2.45, 2.75) is 45.4 Å². The van der Waals surface area contributed by atoms with Gasteiger partial charge in [0.2, 0.25) is 0 Å². The first-order chi connectivity index (χ1) is 14.7. The molecule has 3 aromatic carbocycles. The van der Waals surface area contributed by atoms with Gasteiger partial charge in [0.15, 0.2) is 6.10 Å². The van der Waals surface area contributed by atoms with Crippen LogP contribution in [0.2, 0.25) is 0 Å². The summed E-state index contributed by atoms with van der Waals surface area (Å²) >= 11 is 0. The van der Waals surface area contributed by atoms with E-state index in [1.54, 1.807) is 0 Å². The summed E-state index contributed by atoms with van der Waals surface area (Å²) in [6.07, 6.45) is 2.71. The molecule has 156 valence electrons. The molecule has 1 aliphatic heterocycles. The van der Waals surface area contributed by atoms with Crippen LogP contribution in [-0.2, 0) is 17.9 Å². The second-order valence-electron chi connectivity index (χ2n) is 8.04. The molecule has 4 nitrogen and oxygen atoms in total. The molecule has 4 heteroatoms. The molecule has 0 unspecified atom stereocenters. The Labute approximate surface area is 178 Å². The van der Waals surface area contributed by atoms with Gasteiger partial charge in [0.1, 0.15) is 5.75 Å². The number of nitrogens with one attached hydrogen (secondary N) is 1. The van der Waals surface area contributed by atoms with Crippen molar-refractivity contribution in [1.29, 1.82) is 0 Å². The Morgan fingerprint density at radius 1 is 0.967 bits per heavy atom. The molecule has 1 atom stereocenters. The summed E-state index contributed by atoms with van der Waals surface area (Å²) in [4.78, 5) is 15.2. The van der Waals surface area contributed by atoms with E-state index in [9.17, 15) is 4.79 Å². The number of amides is 1. The molecule has 3 aromatic rings. The molecular weight excluding hydrogens is 372 g/mol. The molecule has 0 bridgehead atoms. The molecule has 1 N–H and O–H groups in total. The van der Waals surface area contributed by atoms with Gasteiger partial charge in [-0.2, -0.15) is 0 Å². The molecule has 1 fully saturated rings. The van der Waals surface area contributed by atoms with E-state index >= 15 is 0 Å². The Morgan fingerprint density at radius 2 is 1.73 bits per heavy atom. The molecule has 4 rings (SSSR count). The normalized spacial score (nSPS) is 15.2. The summed E-state index contributed by atoms with van der Waals surface area (Å²) < 4.78 is 6.02. The lowest BCUT2D eigenvalue weighted by atomic mass is 10.1. The number of nitrogens with zero attached hydrogens (tertiary/aromatic N) is 1. The Kier molecular flexibility index (Phi) is 6.65. The minimum absolute atomic E-state index is 0.0735. The highest BCUT2D eigenvalue weighted by Gasteiger charge is 2.18. The molecule has 0 saturated carbocycles. The Hall–Kier alpha value is -2.85. The molecule has 1 saturated heterocycles. The highest BCUT2D eigenvalue weighted by molar-refractivity contribution is 5.84. The summed E-state index contributed by atoms with van der Waals surface area (Å²) in [7, 11) is 0. The van der Waals surface area contributed by atoms with Crippen molar-refractivity contribution >= 4 is 16.7 Å². The van der Waals surface area contributed by atoms with Crippen molar-refractivity contribution in [3.05, 3.63) is 77.9 Å². The van der Waals surface area contributed by atoms with Crippen LogP contribution in [0.1, 0.15) is 37.3 Å². The van der Waals surface area contributed by atoms with Crippen LogP contribution in [0.25, 0.3) is 10.8 Å². The number of ether oxygens (including phenoxy) is 1. The van der Waals surface area contributed by atoms with E-state index in [1.165, 1.54) is 31.5 Å². The van der Waals surface area contributed by atoms with E-state index in [1.807, 2.05) is 37.3 Å². The molecule has 0 aliphatic carbocycles. The third-order valence-electron chi connectivity index (χ3n) is 5.73. The number of carbonyl (C=O) groups excluding carboxylic acids is 1. The number of hydrogen-bond donors (Lipinski definition) is 1. The van der Waals surface area contributed by atoms with Crippen molar-refractivity contribution in [3.63, 3.8) is 0 Å². The number of carbonyl (C=O) groups is 1. The van der Waals surface area contributed by atoms with Gasteiger partial charge < -0.3 is 10.1 Å². The maximum absolute atomic E-state index is 12.7. The second-order valence-corrected chi connectivity index (χ2v) is 8.04. The van der Waals surface area contributed by atoms with Gasteiger partial charge in [-0.05, 0) is 66.4 Å². The van der Waals surface area contributed by atoms with Crippen LogP contribution in [0.4, 0.5) is 0 Å². The lowest BCUT2D eigenvalue weighted by molar-refractivity contribution is -0.128. The second kappa shape index (κ2) is 9.77. The molecule has 0 spiro atoms. The molecule has 0 aromatic heterocycles. The Morgan fingerprint density at radius 3 is 2.53 bits per heavy atom. The van der Waals surface area contributed by atoms with E-state index in [0.717, 1.165) is 28.6 Å². The number of fused-ring (bicyclic) bond motifs is 1. The summed E-state index contributed by atoms with van der Waals surface area (Å²) in [5, 5.41) is 5.32. The predicted octanol–water partition coefficient (Wildman–Crippen LogP) is 4.91. The third kappa shape index (κ3) is 5.19. The van der Waals surface area contributed by atoms with Crippen LogP contribution in [0.5, 0.6) is 5.75 Å². The van der Waals surface area contributed by atoms with Gasteiger partial charge in [0.05, 0.1) is 0 Å². The summed E-state index contributed by atoms with van der Waals surface area (Å²) in [5.74, 6) is 0.652. The maximum atomic E-state index is 12.7. The monoisotopic (exact) mass is 402 g/mol. The van der Waals surface area contributed by atoms with Crippen LogP contribution >= 0.6 is 0 Å². The molecular formula is C26H30N2O2. The molecule has 0 radical (unpaired) electrons. The summed E-state index contributed by atoms with van der Waals surface area (Å²) in [6, 6.07) is 22.6. The fourth-order valence-electron chi connectivity index (χ4n) is 4.07. The molecule has 1 aliphatic rings. The standard InChI is InChI=1S/C26H30N2O2/c1-2-25(30-24-13-12-22-10-3-4-11-23(22)17-24)26(29)27-18-20-8-7-9-21(16-20)19-28-14-5-6-15-28/h3-4,7-13,16-17,25H,2,5-6,14-15,18-19H2,1H3,(H,27,29)/t25-/m0/s1. The SMILES string of the molecule is CC[C@H](Oc1ccc2ccccc2c1)C(=O)NCc1cccc(CN2CCCC2)c1. The van der Waals surface area contributed by atoms with Crippen molar-refractivity contribution in [3.8, 4) is 5.75 Å². The van der Waals surface area contributed by atoms with Crippen LogP contribution < -0.4 is 10.1 Å². The van der Waals surface area contributed by atoms with E-state index in [-0.39, 0.29) is 5.91 Å². The van der Waals surface area contributed by atoms with E-state index in [2.05, 4.69) is 46.6 Å². The average Bonchev–Trinajstić information content (AvgIpc) is 3.29. The number of hydrogen-bond acceptors (Lipinski definition) is 3. The Balaban J connectivity index is 1.34. The number of benzene rings is 3. The summed E-state index contributed by atoms with van der Waals surface area (Å²) in [5.41, 5.74) is 2.43. The summed E-state index contributed by atoms with van der Waals surface area (Å²) in [6.45, 7) is 5.85. The minimum atomic E-state index is -0.501. The zero-order valence-electron chi connectivity index (χ0n) is 17.6. The van der Waals surface area contributed by atoms with Gasteiger partial charge in [-0.3, -0.25) is 9.69 Å². The fourth-order valence-corrected chi connectivity index (χ4v) is 4.07. The third-order valence-corrected chi connectivity index (χ3v) is 5.73. The van der Waals surface area contributed by atoms with Crippen LogP contribution in [0.15, 0.2) is 66.7 Å². The smallest absolute Gasteiger partial charge is 0.261 e. The van der Waals surface area contributed by atoms with Crippen molar-refractivity contribution in [2.24, 2.45) is 0 Å². The quantitative estimate of drug-likeness (QED) is 0.582. The van der Waals surface area contributed by atoms with Gasteiger partial charge in [0.25, 0.3) is 5.91 Å². The van der Waals surface area contributed by atoms with Crippen molar-refractivity contribution in [2.75, 3.05) is 13.1 Å². The first-order valence-electron chi connectivity index (χ1n) is 10.9. The lowest BCUT2D eigenvalue weighted by Crippen LogP contribution is -2.37. The average molecular weight is 403 g/mol. The fraction of sp³-hybridized carbons (Fsp3) is 0.346. The zero-order valence-corrected chi connectivity index (χ0v) is 17.6. The lowest BCUT2D eigenvalue weighted by Gasteiger charge is -2.18. The number of rotatable bonds is 8. The largest absolute Gasteiger partial charge is 0.481 e. The van der Waals surface area contributed by atoms with Gasteiger partial charge in [0, 0.05) is 13.1 Å². The molecule has 1 heterocycles. The van der Waals surface area contributed by atoms with Crippen molar-refractivity contribution in [1.82, 2.24) is 10.2 Å². The van der Waals surface area contributed by atoms with Crippen LogP contribution in [-0.4, -0.2) is 30.0 Å². The zero-order chi connectivity index (χ0) is 20.8. The van der Waals surface area contributed by atoms with E-state index < -0.39 is 6.10 Å². The first-order valence-corrected chi connectivity index (χ1v) is 10.9. The molecule has 30 heavy (non-hydrogen) atoms. The highest BCUT2D eigenvalue weighted by Crippen LogP contribution is 2.22. The maximum Gasteiger partial charge on any atom is 0.261 e.